The van der Waals surface area contributed by atoms with E-state index in [1.165, 1.54) is 6.33 Å². The van der Waals surface area contributed by atoms with Gasteiger partial charge in [0.1, 0.15) is 29.1 Å². The van der Waals surface area contributed by atoms with Crippen LogP contribution in [0.15, 0.2) is 61.1 Å². The summed E-state index contributed by atoms with van der Waals surface area (Å²) in [6.45, 7) is 6.07. The average Bonchev–Trinajstić information content (AvgIpc) is 3.23. The Hall–Kier alpha value is -3.82. The summed E-state index contributed by atoms with van der Waals surface area (Å²) in [7, 11) is 0. The number of aromatic nitrogens is 3. The normalized spacial score (nSPS) is 11.4. The average molecular weight is 510 g/mol. The van der Waals surface area contributed by atoms with Crippen LogP contribution >= 0.6 is 11.6 Å². The van der Waals surface area contributed by atoms with E-state index in [2.05, 4.69) is 20.6 Å². The minimum absolute atomic E-state index is 0.00628. The van der Waals surface area contributed by atoms with Crippen LogP contribution in [0.4, 0.5) is 11.5 Å². The fraction of sp³-hybridized carbons (Fsp3) is 0.269. The molecule has 0 fully saturated rings. The molecule has 0 saturated carbocycles. The zero-order chi connectivity index (χ0) is 25.7. The van der Waals surface area contributed by atoms with E-state index in [0.29, 0.717) is 40.3 Å². The number of fused-ring (bicyclic) bond motifs is 1. The molecule has 188 valence electrons. The van der Waals surface area contributed by atoms with E-state index < -0.39 is 0 Å². The van der Waals surface area contributed by atoms with Crippen molar-refractivity contribution in [1.29, 1.82) is 0 Å². The molecule has 4 rings (SSSR count). The lowest BCUT2D eigenvalue weighted by molar-refractivity contribution is -0.124. The first-order valence-electron chi connectivity index (χ1n) is 11.4. The highest BCUT2D eigenvalue weighted by atomic mass is 35.5. The number of hydrogen-bond donors (Lipinski definition) is 3. The van der Waals surface area contributed by atoms with Crippen LogP contribution in [-0.2, 0) is 11.3 Å². The van der Waals surface area contributed by atoms with E-state index in [4.69, 9.17) is 21.1 Å². The molecular formula is C26H28ClN5O4. The number of amides is 1. The van der Waals surface area contributed by atoms with E-state index in [1.54, 1.807) is 36.4 Å². The Morgan fingerprint density at radius 3 is 2.67 bits per heavy atom. The molecule has 0 atom stereocenters. The summed E-state index contributed by atoms with van der Waals surface area (Å²) in [5, 5.41) is 15.9. The number of rotatable bonds is 9. The number of aliphatic hydroxyl groups excluding tert-OH is 1. The third kappa shape index (κ3) is 6.44. The fourth-order valence-electron chi connectivity index (χ4n) is 3.57. The zero-order valence-electron chi connectivity index (χ0n) is 20.3. The van der Waals surface area contributed by atoms with Gasteiger partial charge in [0.25, 0.3) is 5.91 Å². The SMILES string of the molecule is CC(C)(C)NC(=O)COc1cccc(Oc2ccc(Nc3ncnc4ccn(CCO)c34)cc2Cl)c1. The summed E-state index contributed by atoms with van der Waals surface area (Å²) < 4.78 is 13.4. The van der Waals surface area contributed by atoms with Gasteiger partial charge in [-0.2, -0.15) is 0 Å². The van der Waals surface area contributed by atoms with Crippen LogP contribution in [0, 0.1) is 0 Å². The summed E-state index contributed by atoms with van der Waals surface area (Å²) in [6, 6.07) is 14.2. The first-order valence-corrected chi connectivity index (χ1v) is 11.8. The topological polar surface area (TPSA) is 111 Å². The van der Waals surface area contributed by atoms with Gasteiger partial charge in [0.05, 0.1) is 17.1 Å². The standard InChI is InChI=1S/C26H28ClN5O4/c1-26(2,3)31-23(34)15-35-18-5-4-6-19(14-18)36-22-8-7-17(13-20(22)27)30-25-24-21(28-16-29-25)9-10-32(24)11-12-33/h4-10,13-14,16,33H,11-12,15H2,1-3H3,(H,31,34)(H,28,29,30). The number of halogens is 1. The minimum atomic E-state index is -0.327. The first-order chi connectivity index (χ1) is 17.2. The van der Waals surface area contributed by atoms with Gasteiger partial charge in [0.2, 0.25) is 0 Å². The Bertz CT molecular complexity index is 1370. The molecule has 4 aromatic rings. The van der Waals surface area contributed by atoms with Gasteiger partial charge in [-0.25, -0.2) is 9.97 Å². The molecule has 0 unspecified atom stereocenters. The lowest BCUT2D eigenvalue weighted by Crippen LogP contribution is -2.43. The molecular weight excluding hydrogens is 482 g/mol. The number of hydrogen-bond acceptors (Lipinski definition) is 7. The smallest absolute Gasteiger partial charge is 0.258 e. The predicted octanol–water partition coefficient (Wildman–Crippen LogP) is 4.91. The van der Waals surface area contributed by atoms with Gasteiger partial charge in [0, 0.05) is 30.0 Å². The lowest BCUT2D eigenvalue weighted by atomic mass is 10.1. The largest absolute Gasteiger partial charge is 0.484 e. The van der Waals surface area contributed by atoms with Crippen LogP contribution in [-0.4, -0.2) is 44.3 Å². The molecule has 1 amide bonds. The fourth-order valence-corrected chi connectivity index (χ4v) is 3.79. The van der Waals surface area contributed by atoms with Crippen LogP contribution in [0.1, 0.15) is 20.8 Å². The molecule has 36 heavy (non-hydrogen) atoms. The zero-order valence-corrected chi connectivity index (χ0v) is 21.0. The maximum atomic E-state index is 12.0. The second kappa shape index (κ2) is 10.8. The minimum Gasteiger partial charge on any atom is -0.484 e. The van der Waals surface area contributed by atoms with E-state index in [-0.39, 0.29) is 24.7 Å². The van der Waals surface area contributed by atoms with Crippen LogP contribution in [0.5, 0.6) is 17.2 Å². The molecule has 0 aliphatic carbocycles. The highest BCUT2D eigenvalue weighted by molar-refractivity contribution is 6.32. The van der Waals surface area contributed by atoms with Gasteiger partial charge in [0.15, 0.2) is 12.4 Å². The van der Waals surface area contributed by atoms with Crippen molar-refractivity contribution in [1.82, 2.24) is 19.9 Å². The van der Waals surface area contributed by atoms with Crippen molar-refractivity contribution in [2.45, 2.75) is 32.9 Å². The van der Waals surface area contributed by atoms with Crippen LogP contribution in [0.2, 0.25) is 5.02 Å². The maximum Gasteiger partial charge on any atom is 0.258 e. The van der Waals surface area contributed by atoms with Gasteiger partial charge >= 0.3 is 0 Å². The lowest BCUT2D eigenvalue weighted by Gasteiger charge is -2.20. The first kappa shape index (κ1) is 25.3. The Morgan fingerprint density at radius 2 is 1.92 bits per heavy atom. The number of anilines is 2. The third-order valence-electron chi connectivity index (χ3n) is 5.00. The van der Waals surface area contributed by atoms with Crippen molar-refractivity contribution in [2.24, 2.45) is 0 Å². The number of carbonyl (C=O) groups excluding carboxylic acids is 1. The monoisotopic (exact) mass is 509 g/mol. The van der Waals surface area contributed by atoms with E-state index in [0.717, 1.165) is 11.0 Å². The Morgan fingerprint density at radius 1 is 1.11 bits per heavy atom. The summed E-state index contributed by atoms with van der Waals surface area (Å²) >= 11 is 6.51. The van der Waals surface area contributed by atoms with Crippen LogP contribution in [0.25, 0.3) is 11.0 Å². The van der Waals surface area contributed by atoms with Gasteiger partial charge in [-0.15, -0.1) is 0 Å². The summed E-state index contributed by atoms with van der Waals surface area (Å²) in [5.74, 6) is 1.88. The van der Waals surface area contributed by atoms with Gasteiger partial charge in [-0.05, 0) is 57.2 Å². The molecule has 0 spiro atoms. The van der Waals surface area contributed by atoms with Gasteiger partial charge in [-0.1, -0.05) is 17.7 Å². The van der Waals surface area contributed by atoms with Crippen molar-refractivity contribution in [3.8, 4) is 17.2 Å². The predicted molar refractivity (Wildman–Crippen MR) is 139 cm³/mol. The van der Waals surface area contributed by atoms with Gasteiger partial charge < -0.3 is 29.8 Å². The Kier molecular flexibility index (Phi) is 7.61. The van der Waals surface area contributed by atoms with E-state index in [1.807, 2.05) is 43.7 Å². The molecule has 0 aliphatic rings. The number of nitrogens with one attached hydrogen (secondary N) is 2. The summed E-state index contributed by atoms with van der Waals surface area (Å²) in [6.07, 6.45) is 3.34. The highest BCUT2D eigenvalue weighted by Crippen LogP contribution is 2.34. The number of carbonyl (C=O) groups is 1. The molecule has 10 heteroatoms. The van der Waals surface area contributed by atoms with Crippen LogP contribution in [0.3, 0.4) is 0 Å². The second-order valence-corrected chi connectivity index (χ2v) is 9.53. The van der Waals surface area contributed by atoms with Crippen molar-refractivity contribution >= 4 is 40.0 Å². The molecule has 0 bridgehead atoms. The summed E-state index contributed by atoms with van der Waals surface area (Å²) in [5.41, 5.74) is 1.94. The summed E-state index contributed by atoms with van der Waals surface area (Å²) in [4.78, 5) is 20.6. The Balaban J connectivity index is 1.44. The molecule has 2 aromatic carbocycles. The maximum absolute atomic E-state index is 12.0. The third-order valence-corrected chi connectivity index (χ3v) is 5.30. The second-order valence-electron chi connectivity index (χ2n) is 9.12. The van der Waals surface area contributed by atoms with Gasteiger partial charge in [-0.3, -0.25) is 4.79 Å². The van der Waals surface area contributed by atoms with E-state index >= 15 is 0 Å². The number of benzene rings is 2. The molecule has 3 N–H and O–H groups in total. The van der Waals surface area contributed by atoms with Crippen molar-refractivity contribution in [3.05, 3.63) is 66.1 Å². The number of ether oxygens (including phenoxy) is 2. The Labute approximate surface area is 214 Å². The molecule has 2 heterocycles. The quantitative estimate of drug-likeness (QED) is 0.294. The highest BCUT2D eigenvalue weighted by Gasteiger charge is 2.15. The molecule has 0 saturated heterocycles. The van der Waals surface area contributed by atoms with Crippen molar-refractivity contribution in [2.75, 3.05) is 18.5 Å². The molecule has 9 nitrogen and oxygen atoms in total. The van der Waals surface area contributed by atoms with Crippen molar-refractivity contribution in [3.63, 3.8) is 0 Å². The van der Waals surface area contributed by atoms with E-state index in [9.17, 15) is 9.90 Å². The van der Waals surface area contributed by atoms with Crippen LogP contribution < -0.4 is 20.1 Å². The number of nitrogens with zero attached hydrogens (tertiary/aromatic N) is 3. The number of aliphatic hydroxyl groups is 1. The van der Waals surface area contributed by atoms with Crippen molar-refractivity contribution < 1.29 is 19.4 Å². The molecule has 2 aromatic heterocycles. The molecule has 0 radical (unpaired) electrons. The molecule has 0 aliphatic heterocycles.